The van der Waals surface area contributed by atoms with E-state index in [1.807, 2.05) is 5.38 Å². The van der Waals surface area contributed by atoms with E-state index in [0.29, 0.717) is 18.8 Å². The minimum Gasteiger partial charge on any atom is -0.484 e. The van der Waals surface area contributed by atoms with Crippen molar-refractivity contribution >= 4 is 17.2 Å². The second kappa shape index (κ2) is 9.32. The third-order valence-corrected chi connectivity index (χ3v) is 5.79. The summed E-state index contributed by atoms with van der Waals surface area (Å²) in [4.78, 5) is 21.1. The number of nitrogens with zero attached hydrogens (tertiary/aromatic N) is 3. The largest absolute Gasteiger partial charge is 0.484 e. The maximum absolute atomic E-state index is 13.1. The first kappa shape index (κ1) is 20.4. The predicted molar refractivity (Wildman–Crippen MR) is 111 cm³/mol. The van der Waals surface area contributed by atoms with Crippen LogP contribution < -0.4 is 4.74 Å². The van der Waals surface area contributed by atoms with Gasteiger partial charge in [-0.05, 0) is 48.5 Å². The molecule has 0 radical (unpaired) electrons. The molecule has 156 valence electrons. The summed E-state index contributed by atoms with van der Waals surface area (Å²) in [5.74, 6) is -0.199. The van der Waals surface area contributed by atoms with Crippen LogP contribution in [0.25, 0.3) is 11.3 Å². The van der Waals surface area contributed by atoms with E-state index in [4.69, 9.17) is 4.74 Å². The molecule has 0 aliphatic carbocycles. The van der Waals surface area contributed by atoms with Crippen molar-refractivity contribution in [3.8, 4) is 17.0 Å². The van der Waals surface area contributed by atoms with Crippen LogP contribution in [0.15, 0.2) is 53.9 Å². The highest BCUT2D eigenvalue weighted by Gasteiger charge is 2.22. The van der Waals surface area contributed by atoms with Crippen molar-refractivity contribution in [1.82, 2.24) is 14.8 Å². The second-order valence-corrected chi connectivity index (χ2v) is 7.98. The lowest BCUT2D eigenvalue weighted by atomic mass is 10.2. The maximum atomic E-state index is 13.1. The summed E-state index contributed by atoms with van der Waals surface area (Å²) in [6, 6.07) is 12.0. The quantitative estimate of drug-likeness (QED) is 0.598. The van der Waals surface area contributed by atoms with E-state index < -0.39 is 0 Å². The topological polar surface area (TPSA) is 45.7 Å². The molecular weight excluding hydrogens is 408 g/mol. The van der Waals surface area contributed by atoms with E-state index in [9.17, 15) is 13.6 Å². The van der Waals surface area contributed by atoms with Crippen molar-refractivity contribution in [3.05, 3.63) is 70.6 Å². The minimum absolute atomic E-state index is 0.0564. The Bertz CT molecular complexity index is 984. The normalized spacial score (nSPS) is 14.7. The molecule has 2 aromatic carbocycles. The Kier molecular flexibility index (Phi) is 6.35. The van der Waals surface area contributed by atoms with Gasteiger partial charge >= 0.3 is 0 Å². The van der Waals surface area contributed by atoms with E-state index in [-0.39, 0.29) is 24.1 Å². The summed E-state index contributed by atoms with van der Waals surface area (Å²) in [7, 11) is 0. The lowest BCUT2D eigenvalue weighted by Crippen LogP contribution is -2.49. The van der Waals surface area contributed by atoms with Crippen LogP contribution in [0.1, 0.15) is 5.01 Å². The van der Waals surface area contributed by atoms with E-state index in [1.165, 1.54) is 36.4 Å². The molecule has 0 bridgehead atoms. The number of rotatable bonds is 6. The first-order valence-corrected chi connectivity index (χ1v) is 10.5. The number of hydrogen-bond acceptors (Lipinski definition) is 5. The molecule has 1 aromatic heterocycles. The fraction of sp³-hybridized carbons (Fsp3) is 0.273. The maximum Gasteiger partial charge on any atom is 0.260 e. The van der Waals surface area contributed by atoms with Gasteiger partial charge in [-0.25, -0.2) is 13.8 Å². The van der Waals surface area contributed by atoms with Crippen LogP contribution in [0.3, 0.4) is 0 Å². The zero-order chi connectivity index (χ0) is 20.9. The van der Waals surface area contributed by atoms with Crippen molar-refractivity contribution in [3.63, 3.8) is 0 Å². The average Bonchev–Trinajstić information content (AvgIpc) is 3.22. The molecule has 3 aromatic rings. The zero-order valence-corrected chi connectivity index (χ0v) is 17.1. The number of piperazine rings is 1. The third-order valence-electron chi connectivity index (χ3n) is 4.95. The van der Waals surface area contributed by atoms with Crippen molar-refractivity contribution in [1.29, 1.82) is 0 Å². The van der Waals surface area contributed by atoms with E-state index in [2.05, 4.69) is 9.88 Å². The third kappa shape index (κ3) is 5.20. The minimum atomic E-state index is -0.338. The van der Waals surface area contributed by atoms with E-state index in [1.54, 1.807) is 28.4 Å². The van der Waals surface area contributed by atoms with Crippen LogP contribution >= 0.6 is 11.3 Å². The molecule has 0 spiro atoms. The number of thiazole rings is 1. The zero-order valence-electron chi connectivity index (χ0n) is 16.3. The summed E-state index contributed by atoms with van der Waals surface area (Å²) >= 11 is 1.58. The standard InChI is InChI=1S/C22H21F2N3O2S/c23-17-3-1-16(2-4-17)20-15-30-21(25-20)13-26-9-11-27(12-10-26)22(28)14-29-19-7-5-18(24)6-8-19/h1-8,15H,9-14H2. The average molecular weight is 429 g/mol. The van der Waals surface area contributed by atoms with Gasteiger partial charge in [-0.3, -0.25) is 9.69 Å². The lowest BCUT2D eigenvalue weighted by molar-refractivity contribution is -0.135. The van der Waals surface area contributed by atoms with Gasteiger partial charge in [0.25, 0.3) is 5.91 Å². The number of amides is 1. The Labute approximate surface area is 177 Å². The molecular formula is C22H21F2N3O2S. The number of carbonyl (C=O) groups excluding carboxylic acids is 1. The smallest absolute Gasteiger partial charge is 0.260 e. The van der Waals surface area contributed by atoms with Crippen molar-refractivity contribution < 1.29 is 18.3 Å². The summed E-state index contributed by atoms with van der Waals surface area (Å²) in [6.07, 6.45) is 0. The molecule has 1 aliphatic heterocycles. The van der Waals surface area contributed by atoms with Crippen LogP contribution in [-0.2, 0) is 11.3 Å². The molecule has 1 aliphatic rings. The van der Waals surface area contributed by atoms with Gasteiger partial charge in [0.1, 0.15) is 22.4 Å². The van der Waals surface area contributed by atoms with Gasteiger partial charge in [-0.2, -0.15) is 0 Å². The number of aromatic nitrogens is 1. The molecule has 1 saturated heterocycles. The summed E-state index contributed by atoms with van der Waals surface area (Å²) in [5, 5.41) is 2.98. The molecule has 1 fully saturated rings. The van der Waals surface area contributed by atoms with Gasteiger partial charge in [0.15, 0.2) is 6.61 Å². The Morgan fingerprint density at radius 3 is 2.27 bits per heavy atom. The van der Waals surface area contributed by atoms with Crippen LogP contribution in [0, 0.1) is 11.6 Å². The van der Waals surface area contributed by atoms with Crippen LogP contribution in [0.2, 0.25) is 0 Å². The monoisotopic (exact) mass is 429 g/mol. The highest BCUT2D eigenvalue weighted by molar-refractivity contribution is 7.09. The van der Waals surface area contributed by atoms with Gasteiger partial charge < -0.3 is 9.64 Å². The van der Waals surface area contributed by atoms with E-state index in [0.717, 1.165) is 35.9 Å². The fourth-order valence-corrected chi connectivity index (χ4v) is 4.10. The highest BCUT2D eigenvalue weighted by Crippen LogP contribution is 2.23. The van der Waals surface area contributed by atoms with Gasteiger partial charge in [0.2, 0.25) is 0 Å². The number of halogens is 2. The number of ether oxygens (including phenoxy) is 1. The second-order valence-electron chi connectivity index (χ2n) is 7.03. The summed E-state index contributed by atoms with van der Waals surface area (Å²) in [5.41, 5.74) is 1.75. The van der Waals surface area contributed by atoms with Gasteiger partial charge in [-0.15, -0.1) is 11.3 Å². The Morgan fingerprint density at radius 2 is 1.60 bits per heavy atom. The Balaban J connectivity index is 1.24. The number of hydrogen-bond donors (Lipinski definition) is 0. The molecule has 0 saturated carbocycles. The van der Waals surface area contributed by atoms with Crippen LogP contribution in [0.4, 0.5) is 8.78 Å². The molecule has 2 heterocycles. The highest BCUT2D eigenvalue weighted by atomic mass is 32.1. The molecule has 0 unspecified atom stereocenters. The molecule has 4 rings (SSSR count). The van der Waals surface area contributed by atoms with Gasteiger partial charge in [0.05, 0.1) is 12.2 Å². The number of benzene rings is 2. The van der Waals surface area contributed by atoms with Crippen molar-refractivity contribution in [2.24, 2.45) is 0 Å². The van der Waals surface area contributed by atoms with Crippen LogP contribution in [-0.4, -0.2) is 53.5 Å². The van der Waals surface area contributed by atoms with Gasteiger partial charge in [-0.1, -0.05) is 0 Å². The first-order chi connectivity index (χ1) is 14.6. The molecule has 1 amide bonds. The fourth-order valence-electron chi connectivity index (χ4n) is 3.25. The summed E-state index contributed by atoms with van der Waals surface area (Å²) in [6.45, 7) is 3.43. The van der Waals surface area contributed by atoms with Crippen LogP contribution in [0.5, 0.6) is 5.75 Å². The van der Waals surface area contributed by atoms with Gasteiger partial charge in [0, 0.05) is 37.1 Å². The van der Waals surface area contributed by atoms with Crippen molar-refractivity contribution in [2.75, 3.05) is 32.8 Å². The van der Waals surface area contributed by atoms with Crippen molar-refractivity contribution in [2.45, 2.75) is 6.54 Å². The lowest BCUT2D eigenvalue weighted by Gasteiger charge is -2.34. The number of carbonyl (C=O) groups is 1. The molecule has 30 heavy (non-hydrogen) atoms. The molecule has 0 atom stereocenters. The Morgan fingerprint density at radius 1 is 0.967 bits per heavy atom. The van der Waals surface area contributed by atoms with E-state index >= 15 is 0 Å². The Hall–Kier alpha value is -2.84. The SMILES string of the molecule is O=C(COc1ccc(F)cc1)N1CCN(Cc2nc(-c3ccc(F)cc3)cs2)CC1. The summed E-state index contributed by atoms with van der Waals surface area (Å²) < 4.78 is 31.4. The molecule has 8 heteroatoms. The first-order valence-electron chi connectivity index (χ1n) is 9.66. The molecule has 5 nitrogen and oxygen atoms in total. The predicted octanol–water partition coefficient (Wildman–Crippen LogP) is 3.81. The molecule has 0 N–H and O–H groups in total.